The first-order valence-corrected chi connectivity index (χ1v) is 14.6. The van der Waals surface area contributed by atoms with Gasteiger partial charge in [0, 0.05) is 74.2 Å². The SMILES string of the molecule is C/C=C(\CCO)C(=O)O[C@]1(C)CC=C[C@@H](c2cc(N)ncc2CC(=O)N2CCC2)[C@]12Cc1cc3ccc(=O)oc3cc1O2. The number of carbonyl (C=O) groups is 2. The molecule has 6 rings (SSSR count). The van der Waals surface area contributed by atoms with E-state index in [9.17, 15) is 19.5 Å². The van der Waals surface area contributed by atoms with Gasteiger partial charge in [-0.2, -0.15) is 0 Å². The van der Waals surface area contributed by atoms with E-state index in [-0.39, 0.29) is 25.4 Å². The predicted molar refractivity (Wildman–Crippen MR) is 160 cm³/mol. The van der Waals surface area contributed by atoms with E-state index < -0.39 is 28.7 Å². The lowest BCUT2D eigenvalue weighted by Gasteiger charge is -2.50. The maximum Gasteiger partial charge on any atom is 0.336 e. The first-order chi connectivity index (χ1) is 20.7. The average molecular weight is 586 g/mol. The van der Waals surface area contributed by atoms with Crippen LogP contribution in [0.5, 0.6) is 5.75 Å². The number of hydrogen-bond acceptors (Lipinski definition) is 9. The third-order valence-electron chi connectivity index (χ3n) is 9.02. The summed E-state index contributed by atoms with van der Waals surface area (Å²) >= 11 is 0. The number of benzene rings is 1. The number of pyridine rings is 1. The van der Waals surface area contributed by atoms with Crippen molar-refractivity contribution in [1.29, 1.82) is 0 Å². The number of aliphatic hydroxyl groups excluding tert-OH is 1. The third kappa shape index (κ3) is 4.99. The maximum absolute atomic E-state index is 13.5. The zero-order valence-corrected chi connectivity index (χ0v) is 24.3. The number of fused-ring (bicyclic) bond motifs is 2. The summed E-state index contributed by atoms with van der Waals surface area (Å²) in [5.74, 6) is -0.194. The molecule has 10 nitrogen and oxygen atoms in total. The van der Waals surface area contributed by atoms with Gasteiger partial charge in [0.25, 0.3) is 0 Å². The Hall–Kier alpha value is -4.44. The molecule has 4 heterocycles. The molecule has 0 unspecified atom stereocenters. The fourth-order valence-corrected chi connectivity index (χ4v) is 6.48. The Balaban J connectivity index is 1.48. The van der Waals surface area contributed by atoms with Crippen molar-refractivity contribution in [3.05, 3.63) is 87.4 Å². The molecule has 0 bridgehead atoms. The molecular weight excluding hydrogens is 550 g/mol. The van der Waals surface area contributed by atoms with Crippen molar-refractivity contribution in [3.63, 3.8) is 0 Å². The second kappa shape index (κ2) is 11.0. The Morgan fingerprint density at radius 2 is 2.07 bits per heavy atom. The Morgan fingerprint density at radius 1 is 1.26 bits per heavy atom. The van der Waals surface area contributed by atoms with Crippen LogP contribution in [0.1, 0.15) is 55.7 Å². The van der Waals surface area contributed by atoms with E-state index in [1.165, 1.54) is 6.07 Å². The zero-order chi connectivity index (χ0) is 30.4. The average Bonchev–Trinajstić information content (AvgIpc) is 3.31. The number of aromatic nitrogens is 1. The molecule has 3 N–H and O–H groups in total. The van der Waals surface area contributed by atoms with Crippen molar-refractivity contribution in [3.8, 4) is 5.75 Å². The summed E-state index contributed by atoms with van der Waals surface area (Å²) in [6.07, 6.45) is 9.30. The van der Waals surface area contributed by atoms with Crippen LogP contribution in [0.3, 0.4) is 0 Å². The highest BCUT2D eigenvalue weighted by atomic mass is 16.6. The van der Waals surface area contributed by atoms with Crippen molar-refractivity contribution in [2.24, 2.45) is 0 Å². The number of nitrogens with two attached hydrogens (primary N) is 1. The molecule has 3 aliphatic rings. The van der Waals surface area contributed by atoms with Gasteiger partial charge in [-0.05, 0) is 55.2 Å². The molecule has 10 heteroatoms. The summed E-state index contributed by atoms with van der Waals surface area (Å²) in [6.45, 7) is 4.87. The van der Waals surface area contributed by atoms with E-state index in [0.29, 0.717) is 35.6 Å². The number of hydrogen-bond donors (Lipinski definition) is 2. The number of carbonyl (C=O) groups excluding carboxylic acids is 2. The van der Waals surface area contributed by atoms with Crippen LogP contribution in [0.2, 0.25) is 0 Å². The van der Waals surface area contributed by atoms with Gasteiger partial charge in [-0.3, -0.25) is 4.79 Å². The molecule has 1 amide bonds. The number of aliphatic hydroxyl groups is 1. The molecule has 2 aliphatic heterocycles. The fraction of sp³-hybridized carbons (Fsp3) is 0.394. The number of nitrogen functional groups attached to an aromatic ring is 1. The van der Waals surface area contributed by atoms with Gasteiger partial charge in [0.2, 0.25) is 5.91 Å². The summed E-state index contributed by atoms with van der Waals surface area (Å²) < 4.78 is 18.7. The number of ether oxygens (including phenoxy) is 2. The smallest absolute Gasteiger partial charge is 0.336 e. The number of nitrogens with zero attached hydrogens (tertiary/aromatic N) is 2. The summed E-state index contributed by atoms with van der Waals surface area (Å²) in [7, 11) is 0. The molecular formula is C33H35N3O7. The quantitative estimate of drug-likeness (QED) is 0.184. The topological polar surface area (TPSA) is 145 Å². The van der Waals surface area contributed by atoms with Gasteiger partial charge >= 0.3 is 11.6 Å². The van der Waals surface area contributed by atoms with E-state index in [1.807, 2.05) is 30.0 Å². The normalized spacial score (nSPS) is 24.5. The van der Waals surface area contributed by atoms with Crippen LogP contribution in [-0.4, -0.2) is 57.8 Å². The van der Waals surface area contributed by atoms with Gasteiger partial charge in [-0.1, -0.05) is 18.2 Å². The summed E-state index contributed by atoms with van der Waals surface area (Å²) in [5, 5.41) is 10.3. The Morgan fingerprint density at radius 3 is 2.79 bits per heavy atom. The number of likely N-dealkylation sites (tertiary alicyclic amines) is 1. The molecule has 3 atom stereocenters. The Bertz CT molecular complexity index is 1720. The molecule has 1 aromatic carbocycles. The highest BCUT2D eigenvalue weighted by Gasteiger charge is 2.62. The Labute approximate surface area is 248 Å². The second-order valence-electron chi connectivity index (χ2n) is 11.7. The molecule has 224 valence electrons. The minimum absolute atomic E-state index is 0.0146. The predicted octanol–water partition coefficient (Wildman–Crippen LogP) is 3.59. The number of allylic oxidation sites excluding steroid dienone is 1. The monoisotopic (exact) mass is 585 g/mol. The van der Waals surface area contributed by atoms with Gasteiger partial charge in [-0.25, -0.2) is 14.6 Å². The summed E-state index contributed by atoms with van der Waals surface area (Å²) in [5.41, 5.74) is 6.52. The number of anilines is 1. The van der Waals surface area contributed by atoms with E-state index in [0.717, 1.165) is 41.6 Å². The highest BCUT2D eigenvalue weighted by Crippen LogP contribution is 2.55. The van der Waals surface area contributed by atoms with Gasteiger partial charge < -0.3 is 29.6 Å². The van der Waals surface area contributed by atoms with Crippen LogP contribution in [0.15, 0.2) is 69.5 Å². The molecule has 2 aromatic heterocycles. The largest absolute Gasteiger partial charge is 0.481 e. The fourth-order valence-electron chi connectivity index (χ4n) is 6.48. The third-order valence-corrected chi connectivity index (χ3v) is 9.02. The molecule has 0 saturated carbocycles. The molecule has 3 aromatic rings. The highest BCUT2D eigenvalue weighted by molar-refractivity contribution is 5.89. The first-order valence-electron chi connectivity index (χ1n) is 14.6. The van der Waals surface area contributed by atoms with E-state index in [4.69, 9.17) is 19.6 Å². The van der Waals surface area contributed by atoms with Crippen LogP contribution in [0, 0.1) is 0 Å². The van der Waals surface area contributed by atoms with Crippen LogP contribution >= 0.6 is 0 Å². The van der Waals surface area contributed by atoms with Crippen molar-refractivity contribution in [2.75, 3.05) is 25.4 Å². The van der Waals surface area contributed by atoms with Gasteiger partial charge in [0.1, 0.15) is 17.2 Å². The van der Waals surface area contributed by atoms with Crippen molar-refractivity contribution in [1.82, 2.24) is 9.88 Å². The van der Waals surface area contributed by atoms with Crippen LogP contribution in [0.25, 0.3) is 11.0 Å². The van der Waals surface area contributed by atoms with Gasteiger partial charge in [-0.15, -0.1) is 0 Å². The van der Waals surface area contributed by atoms with Crippen molar-refractivity contribution >= 4 is 28.7 Å². The van der Waals surface area contributed by atoms with Crippen molar-refractivity contribution < 1.29 is 28.6 Å². The lowest BCUT2D eigenvalue weighted by Crippen LogP contribution is -2.62. The summed E-state index contributed by atoms with van der Waals surface area (Å²) in [6, 6.07) is 8.49. The van der Waals surface area contributed by atoms with Crippen LogP contribution in [0.4, 0.5) is 5.82 Å². The van der Waals surface area contributed by atoms with Gasteiger partial charge in [0.05, 0.1) is 6.42 Å². The second-order valence-corrected chi connectivity index (χ2v) is 11.7. The zero-order valence-electron chi connectivity index (χ0n) is 24.3. The lowest BCUT2D eigenvalue weighted by atomic mass is 9.64. The standard InChI is InChI=1S/C33H35N3O7/c1-3-20(9-13-37)31(40)43-32(2)10-4-6-25(24-16-28(34)35-19-23(24)15-29(38)36-11-5-12-36)33(32)18-22-14-21-7-8-30(39)41-26(21)17-27(22)42-33/h3-4,6-8,14,16-17,19,25,37H,5,9-13,15,18H2,1-2H3,(H2,34,35)/b20-3+/t25-,32+,33+/m0/s1. The van der Waals surface area contributed by atoms with Crippen LogP contribution in [-0.2, 0) is 27.2 Å². The Kier molecular flexibility index (Phi) is 7.33. The first kappa shape index (κ1) is 28.7. The lowest BCUT2D eigenvalue weighted by molar-refractivity contribution is -0.182. The van der Waals surface area contributed by atoms with E-state index in [2.05, 4.69) is 4.98 Å². The number of rotatable bonds is 7. The molecule has 43 heavy (non-hydrogen) atoms. The molecule has 1 spiro atoms. The molecule has 1 fully saturated rings. The van der Waals surface area contributed by atoms with Crippen LogP contribution < -0.4 is 16.1 Å². The molecule has 1 saturated heterocycles. The van der Waals surface area contributed by atoms with Crippen molar-refractivity contribution in [2.45, 2.75) is 63.1 Å². The number of amides is 1. The summed E-state index contributed by atoms with van der Waals surface area (Å²) in [4.78, 5) is 44.7. The molecule has 0 radical (unpaired) electrons. The molecule has 1 aliphatic carbocycles. The van der Waals surface area contributed by atoms with E-state index >= 15 is 0 Å². The maximum atomic E-state index is 13.5. The minimum Gasteiger partial charge on any atom is -0.481 e. The number of esters is 1. The van der Waals surface area contributed by atoms with Gasteiger partial charge in [0.15, 0.2) is 11.2 Å². The minimum atomic E-state index is -1.18. The van der Waals surface area contributed by atoms with E-state index in [1.54, 1.807) is 37.4 Å².